The summed E-state index contributed by atoms with van der Waals surface area (Å²) in [6, 6.07) is 23.8. The molecule has 3 aromatic rings. The second-order valence-corrected chi connectivity index (χ2v) is 9.29. The predicted molar refractivity (Wildman–Crippen MR) is 119 cm³/mol. The lowest BCUT2D eigenvalue weighted by Gasteiger charge is -2.52. The molecule has 0 radical (unpaired) electrons. The van der Waals surface area contributed by atoms with E-state index in [1.165, 1.54) is 21.9 Å². The van der Waals surface area contributed by atoms with E-state index >= 15 is 0 Å². The van der Waals surface area contributed by atoms with Gasteiger partial charge >= 0.3 is 0 Å². The average molecular weight is 399 g/mol. The quantitative estimate of drug-likeness (QED) is 0.530. The third-order valence-corrected chi connectivity index (χ3v) is 6.68. The minimum Gasteiger partial charge on any atom is -0.466 e. The SMILES string of the molecule is CC1(C)CC2(CCO1)Oc1ccccc1C1CC(c3ccc4ccccc4c3)=NN12. The second kappa shape index (κ2) is 6.32. The summed E-state index contributed by atoms with van der Waals surface area (Å²) in [6.07, 6.45) is 2.50. The Bertz CT molecular complexity index is 1170. The molecule has 3 aliphatic rings. The Kier molecular flexibility index (Phi) is 3.79. The molecule has 1 saturated heterocycles. The van der Waals surface area contributed by atoms with E-state index in [9.17, 15) is 0 Å². The monoisotopic (exact) mass is 398 g/mol. The molecule has 0 saturated carbocycles. The normalized spacial score (nSPS) is 26.8. The van der Waals surface area contributed by atoms with E-state index in [-0.39, 0.29) is 11.6 Å². The molecule has 0 aromatic heterocycles. The molecule has 3 aliphatic heterocycles. The Balaban J connectivity index is 1.46. The summed E-state index contributed by atoms with van der Waals surface area (Å²) in [5, 5.41) is 9.96. The van der Waals surface area contributed by atoms with Gasteiger partial charge in [0.2, 0.25) is 5.72 Å². The van der Waals surface area contributed by atoms with Crippen LogP contribution in [0.5, 0.6) is 5.75 Å². The molecule has 4 nitrogen and oxygen atoms in total. The van der Waals surface area contributed by atoms with Gasteiger partial charge in [-0.15, -0.1) is 0 Å². The molecule has 2 atom stereocenters. The highest BCUT2D eigenvalue weighted by atomic mass is 16.5. The third-order valence-electron chi connectivity index (χ3n) is 6.68. The zero-order valence-electron chi connectivity index (χ0n) is 17.5. The van der Waals surface area contributed by atoms with Crippen molar-refractivity contribution in [2.75, 3.05) is 6.61 Å². The average Bonchev–Trinajstić information content (AvgIpc) is 3.20. The van der Waals surface area contributed by atoms with Crippen molar-refractivity contribution in [1.82, 2.24) is 5.01 Å². The van der Waals surface area contributed by atoms with E-state index in [4.69, 9.17) is 14.6 Å². The maximum atomic E-state index is 6.70. The van der Waals surface area contributed by atoms with Crippen LogP contribution in [0.2, 0.25) is 0 Å². The van der Waals surface area contributed by atoms with Gasteiger partial charge in [0.25, 0.3) is 0 Å². The molecular formula is C26H26N2O2. The largest absolute Gasteiger partial charge is 0.466 e. The molecule has 3 heterocycles. The molecule has 1 spiro atoms. The molecule has 4 heteroatoms. The van der Waals surface area contributed by atoms with Crippen LogP contribution in [0.3, 0.4) is 0 Å². The van der Waals surface area contributed by atoms with Crippen LogP contribution >= 0.6 is 0 Å². The van der Waals surface area contributed by atoms with E-state index in [1.54, 1.807) is 0 Å². The summed E-state index contributed by atoms with van der Waals surface area (Å²) < 4.78 is 12.7. The van der Waals surface area contributed by atoms with E-state index < -0.39 is 5.72 Å². The van der Waals surface area contributed by atoms with Crippen molar-refractivity contribution in [3.8, 4) is 5.75 Å². The lowest BCUT2D eigenvalue weighted by atomic mass is 9.86. The van der Waals surface area contributed by atoms with Gasteiger partial charge in [0.05, 0.1) is 24.0 Å². The zero-order valence-corrected chi connectivity index (χ0v) is 17.5. The van der Waals surface area contributed by atoms with E-state index in [2.05, 4.69) is 85.6 Å². The number of rotatable bonds is 1. The highest BCUT2D eigenvalue weighted by Gasteiger charge is 2.54. The molecule has 152 valence electrons. The van der Waals surface area contributed by atoms with Crippen LogP contribution in [0.1, 0.15) is 50.3 Å². The fraction of sp³-hybridized carbons (Fsp3) is 0.346. The molecule has 30 heavy (non-hydrogen) atoms. The number of benzene rings is 3. The van der Waals surface area contributed by atoms with Gasteiger partial charge in [-0.2, -0.15) is 5.10 Å². The molecule has 0 bridgehead atoms. The smallest absolute Gasteiger partial charge is 0.203 e. The van der Waals surface area contributed by atoms with Crippen molar-refractivity contribution >= 4 is 16.5 Å². The fourth-order valence-electron chi connectivity index (χ4n) is 5.35. The van der Waals surface area contributed by atoms with Crippen molar-refractivity contribution in [3.05, 3.63) is 77.9 Å². The zero-order chi connectivity index (χ0) is 20.3. The predicted octanol–water partition coefficient (Wildman–Crippen LogP) is 5.67. The highest BCUT2D eigenvalue weighted by Crippen LogP contribution is 2.51. The van der Waals surface area contributed by atoms with Crippen molar-refractivity contribution in [2.24, 2.45) is 5.10 Å². The highest BCUT2D eigenvalue weighted by molar-refractivity contribution is 6.04. The van der Waals surface area contributed by atoms with Gasteiger partial charge in [-0.1, -0.05) is 54.6 Å². The Morgan fingerprint density at radius 2 is 1.77 bits per heavy atom. The lowest BCUT2D eigenvalue weighted by molar-refractivity contribution is -0.212. The molecular weight excluding hydrogens is 372 g/mol. The Labute approximate surface area is 177 Å². The van der Waals surface area contributed by atoms with Crippen LogP contribution in [-0.2, 0) is 4.74 Å². The van der Waals surface area contributed by atoms with Gasteiger partial charge in [-0.05, 0) is 42.3 Å². The minimum absolute atomic E-state index is 0.199. The summed E-state index contributed by atoms with van der Waals surface area (Å²) in [6.45, 7) is 4.98. The first-order chi connectivity index (χ1) is 14.5. The van der Waals surface area contributed by atoms with E-state index in [0.29, 0.717) is 6.61 Å². The number of fused-ring (bicyclic) bond motifs is 5. The van der Waals surface area contributed by atoms with Crippen molar-refractivity contribution in [1.29, 1.82) is 0 Å². The first kappa shape index (κ1) is 18.0. The molecule has 0 N–H and O–H groups in total. The Hall–Kier alpha value is -2.85. The second-order valence-electron chi connectivity index (χ2n) is 9.29. The van der Waals surface area contributed by atoms with Crippen LogP contribution in [-0.4, -0.2) is 28.7 Å². The summed E-state index contributed by atoms with van der Waals surface area (Å²) in [5.74, 6) is 0.992. The summed E-state index contributed by atoms with van der Waals surface area (Å²) in [4.78, 5) is 0. The molecule has 3 aromatic carbocycles. The number of hydrogen-bond donors (Lipinski definition) is 0. The standard InChI is InChI=1S/C26H26N2O2/c1-25(2)17-26(13-14-29-25)28-23(21-9-5-6-10-24(21)30-26)16-22(27-28)20-12-11-18-7-3-4-8-19(18)15-20/h3-12,15,23H,13-14,16-17H2,1-2H3. The molecule has 1 fully saturated rings. The topological polar surface area (TPSA) is 34.1 Å². The number of hydrogen-bond acceptors (Lipinski definition) is 4. The van der Waals surface area contributed by atoms with Gasteiger partial charge in [0, 0.05) is 24.8 Å². The first-order valence-corrected chi connectivity index (χ1v) is 10.8. The number of para-hydroxylation sites is 1. The van der Waals surface area contributed by atoms with Crippen molar-refractivity contribution < 1.29 is 9.47 Å². The minimum atomic E-state index is -0.459. The third kappa shape index (κ3) is 2.74. The maximum absolute atomic E-state index is 6.70. The molecule has 0 aliphatic carbocycles. The fourth-order valence-corrected chi connectivity index (χ4v) is 5.35. The van der Waals surface area contributed by atoms with Crippen LogP contribution < -0.4 is 4.74 Å². The van der Waals surface area contributed by atoms with Gasteiger partial charge in [-0.25, -0.2) is 5.01 Å². The van der Waals surface area contributed by atoms with Crippen LogP contribution in [0.15, 0.2) is 71.8 Å². The molecule has 6 rings (SSSR count). The Morgan fingerprint density at radius 1 is 0.967 bits per heavy atom. The number of ether oxygens (including phenoxy) is 2. The summed E-state index contributed by atoms with van der Waals surface area (Å²) in [7, 11) is 0. The lowest BCUT2D eigenvalue weighted by Crippen LogP contribution is -2.60. The Morgan fingerprint density at radius 3 is 2.63 bits per heavy atom. The molecule has 0 amide bonds. The number of hydrazone groups is 1. The number of nitrogens with zero attached hydrogens (tertiary/aromatic N) is 2. The van der Waals surface area contributed by atoms with Crippen LogP contribution in [0, 0.1) is 0 Å². The van der Waals surface area contributed by atoms with Crippen LogP contribution in [0.25, 0.3) is 10.8 Å². The first-order valence-electron chi connectivity index (χ1n) is 10.8. The van der Waals surface area contributed by atoms with E-state index in [0.717, 1.165) is 30.7 Å². The van der Waals surface area contributed by atoms with Crippen molar-refractivity contribution in [2.45, 2.75) is 50.5 Å². The summed E-state index contributed by atoms with van der Waals surface area (Å²) in [5.41, 5.74) is 2.86. The van der Waals surface area contributed by atoms with E-state index in [1.807, 2.05) is 0 Å². The van der Waals surface area contributed by atoms with Crippen LogP contribution in [0.4, 0.5) is 0 Å². The van der Waals surface area contributed by atoms with Gasteiger partial charge in [0.1, 0.15) is 5.75 Å². The van der Waals surface area contributed by atoms with Crippen molar-refractivity contribution in [3.63, 3.8) is 0 Å². The maximum Gasteiger partial charge on any atom is 0.203 e. The van der Waals surface area contributed by atoms with Gasteiger partial charge < -0.3 is 9.47 Å². The van der Waals surface area contributed by atoms with Gasteiger partial charge in [0.15, 0.2) is 0 Å². The van der Waals surface area contributed by atoms with Gasteiger partial charge in [-0.3, -0.25) is 0 Å². The molecule has 2 unspecified atom stereocenters. The summed E-state index contributed by atoms with van der Waals surface area (Å²) >= 11 is 0.